The van der Waals surface area contributed by atoms with Crippen molar-refractivity contribution in [2.45, 2.75) is 76.8 Å². The summed E-state index contributed by atoms with van der Waals surface area (Å²) in [4.78, 5) is 26.0. The van der Waals surface area contributed by atoms with Gasteiger partial charge in [0.05, 0.1) is 18.1 Å². The summed E-state index contributed by atoms with van der Waals surface area (Å²) in [5, 5.41) is 0. The van der Waals surface area contributed by atoms with Crippen LogP contribution >= 0.6 is 0 Å². The van der Waals surface area contributed by atoms with E-state index in [1.54, 1.807) is 46.8 Å². The van der Waals surface area contributed by atoms with E-state index in [0.717, 1.165) is 5.56 Å². The van der Waals surface area contributed by atoms with Gasteiger partial charge in [0.2, 0.25) is 0 Å². The first-order valence-corrected chi connectivity index (χ1v) is 12.0. The maximum Gasteiger partial charge on any atom is 0.413 e. The van der Waals surface area contributed by atoms with Crippen molar-refractivity contribution in [2.24, 2.45) is 0 Å². The van der Waals surface area contributed by atoms with E-state index >= 15 is 0 Å². The van der Waals surface area contributed by atoms with Crippen molar-refractivity contribution < 1.29 is 36.4 Å². The van der Waals surface area contributed by atoms with Crippen LogP contribution in [0.25, 0.3) is 0 Å². The predicted octanol–water partition coefficient (Wildman–Crippen LogP) is 3.56. The minimum Gasteiger partial charge on any atom is -0.456 e. The van der Waals surface area contributed by atoms with Crippen molar-refractivity contribution in [3.8, 4) is 0 Å². The van der Waals surface area contributed by atoms with Gasteiger partial charge in [-0.05, 0) is 59.8 Å². The maximum atomic E-state index is 12.9. The molecule has 1 aliphatic heterocycles. The highest BCUT2D eigenvalue weighted by molar-refractivity contribution is 7.86. The fourth-order valence-electron chi connectivity index (χ4n) is 3.27. The molecule has 1 aromatic carbocycles. The third kappa shape index (κ3) is 7.55. The number of benzene rings is 1. The highest BCUT2D eigenvalue weighted by Gasteiger charge is 2.49. The van der Waals surface area contributed by atoms with Crippen LogP contribution in [0.3, 0.4) is 0 Å². The molecule has 9 nitrogen and oxygen atoms in total. The van der Waals surface area contributed by atoms with Gasteiger partial charge in [0, 0.05) is 6.92 Å². The fourth-order valence-corrected chi connectivity index (χ4v) is 4.13. The molecule has 0 radical (unpaired) electrons. The zero-order valence-electron chi connectivity index (χ0n) is 20.2. The largest absolute Gasteiger partial charge is 0.456 e. The van der Waals surface area contributed by atoms with E-state index in [4.69, 9.17) is 18.4 Å². The van der Waals surface area contributed by atoms with Gasteiger partial charge in [-0.1, -0.05) is 23.8 Å². The zero-order chi connectivity index (χ0) is 25.0. The Labute approximate surface area is 195 Å². The second kappa shape index (κ2) is 10.2. The Morgan fingerprint density at radius 3 is 2.39 bits per heavy atom. The highest BCUT2D eigenvalue weighted by Crippen LogP contribution is 2.32. The summed E-state index contributed by atoms with van der Waals surface area (Å²) in [7, 11) is -3.95. The number of esters is 1. The number of aryl methyl sites for hydroxylation is 1. The number of carbonyl (C=O) groups excluding carboxylic acids is 2. The van der Waals surface area contributed by atoms with Gasteiger partial charge >= 0.3 is 12.1 Å². The number of rotatable bonds is 7. The average molecular weight is 484 g/mol. The smallest absolute Gasteiger partial charge is 0.413 e. The Balaban J connectivity index is 2.17. The molecular formula is C23H33NO8S. The van der Waals surface area contributed by atoms with Crippen LogP contribution in [-0.2, 0) is 33.3 Å². The quantitative estimate of drug-likeness (QED) is 0.329. The van der Waals surface area contributed by atoms with Crippen molar-refractivity contribution in [1.82, 2.24) is 4.90 Å². The second-order valence-corrected chi connectivity index (χ2v) is 10.8. The number of hydrogen-bond acceptors (Lipinski definition) is 8. The van der Waals surface area contributed by atoms with Crippen molar-refractivity contribution in [2.75, 3.05) is 13.2 Å². The summed E-state index contributed by atoms with van der Waals surface area (Å²) in [6.07, 6.45) is 1.40. The number of nitrogens with zero attached hydrogens (tertiary/aromatic N) is 1. The molecule has 1 aromatic rings. The van der Waals surface area contributed by atoms with Crippen molar-refractivity contribution in [3.63, 3.8) is 0 Å². The summed E-state index contributed by atoms with van der Waals surface area (Å²) in [5.74, 6) is -0.563. The van der Waals surface area contributed by atoms with Crippen molar-refractivity contribution in [3.05, 3.63) is 42.0 Å². The van der Waals surface area contributed by atoms with E-state index in [2.05, 4.69) is 0 Å². The lowest BCUT2D eigenvalue weighted by Crippen LogP contribution is -2.53. The van der Waals surface area contributed by atoms with E-state index in [1.165, 1.54) is 36.1 Å². The maximum absolute atomic E-state index is 12.9. The SMILES string of the molecule is CC(=O)O[C@H](/C=C/COS(=O)(=O)c1ccc(C)cc1)[C@@H]1COC(C)(C)N1C(=O)OC(C)(C)C. The van der Waals surface area contributed by atoms with Crippen molar-refractivity contribution in [1.29, 1.82) is 0 Å². The van der Waals surface area contributed by atoms with Crippen LogP contribution in [0, 0.1) is 6.92 Å². The number of hydrogen-bond donors (Lipinski definition) is 0. The molecule has 33 heavy (non-hydrogen) atoms. The standard InChI is InChI=1S/C23H33NO8S/c1-16-10-12-18(13-11-16)33(27,28)30-14-8-9-20(31-17(2)25)19-15-29-23(6,7)24(19)21(26)32-22(3,4)5/h8-13,19-20H,14-15H2,1-7H3/b9-8+/t19-,20+/m0/s1. The molecule has 10 heteroatoms. The number of carbonyl (C=O) groups is 2. The van der Waals surface area contributed by atoms with E-state index < -0.39 is 45.7 Å². The normalized spacial score (nSPS) is 19.5. The molecule has 1 amide bonds. The average Bonchev–Trinajstić information content (AvgIpc) is 2.98. The van der Waals surface area contributed by atoms with Gasteiger partial charge in [-0.2, -0.15) is 8.42 Å². The van der Waals surface area contributed by atoms with E-state index in [0.29, 0.717) is 0 Å². The molecule has 2 atom stereocenters. The molecule has 0 N–H and O–H groups in total. The predicted molar refractivity (Wildman–Crippen MR) is 121 cm³/mol. The molecule has 1 fully saturated rings. The van der Waals surface area contributed by atoms with Gasteiger partial charge in [-0.15, -0.1) is 0 Å². The summed E-state index contributed by atoms with van der Waals surface area (Å²) >= 11 is 0. The lowest BCUT2D eigenvalue weighted by atomic mass is 10.1. The van der Waals surface area contributed by atoms with E-state index in [-0.39, 0.29) is 18.1 Å². The van der Waals surface area contributed by atoms with Crippen LogP contribution in [0.4, 0.5) is 4.79 Å². The Bertz CT molecular complexity index is 977. The third-order valence-corrected chi connectivity index (χ3v) is 6.04. The van der Waals surface area contributed by atoms with Gasteiger partial charge in [0.25, 0.3) is 10.1 Å². The van der Waals surface area contributed by atoms with Crippen LogP contribution in [0.5, 0.6) is 0 Å². The van der Waals surface area contributed by atoms with E-state index in [9.17, 15) is 18.0 Å². The van der Waals surface area contributed by atoms with Gasteiger partial charge in [0.15, 0.2) is 0 Å². The molecule has 1 aliphatic rings. The first-order chi connectivity index (χ1) is 15.1. The molecule has 184 valence electrons. The van der Waals surface area contributed by atoms with Crippen LogP contribution in [0.15, 0.2) is 41.3 Å². The van der Waals surface area contributed by atoms with Gasteiger partial charge < -0.3 is 14.2 Å². The van der Waals surface area contributed by atoms with Gasteiger partial charge in [-0.25, -0.2) is 4.79 Å². The van der Waals surface area contributed by atoms with Crippen LogP contribution in [0.2, 0.25) is 0 Å². The third-order valence-electron chi connectivity index (χ3n) is 4.75. The minimum atomic E-state index is -3.95. The molecule has 0 bridgehead atoms. The van der Waals surface area contributed by atoms with Crippen LogP contribution < -0.4 is 0 Å². The topological polar surface area (TPSA) is 108 Å². The molecule has 2 rings (SSSR count). The fraction of sp³-hybridized carbons (Fsp3) is 0.565. The molecule has 1 heterocycles. The lowest BCUT2D eigenvalue weighted by molar-refractivity contribution is -0.147. The van der Waals surface area contributed by atoms with E-state index in [1.807, 2.05) is 6.92 Å². The van der Waals surface area contributed by atoms with Gasteiger partial charge in [0.1, 0.15) is 23.5 Å². The molecule has 0 spiro atoms. The Morgan fingerprint density at radius 1 is 1.24 bits per heavy atom. The molecule has 0 aromatic heterocycles. The Morgan fingerprint density at radius 2 is 1.85 bits per heavy atom. The minimum absolute atomic E-state index is 0.0417. The zero-order valence-corrected chi connectivity index (χ0v) is 21.0. The molecule has 1 saturated heterocycles. The molecule has 0 saturated carbocycles. The van der Waals surface area contributed by atoms with Crippen LogP contribution in [-0.4, -0.2) is 62.1 Å². The highest BCUT2D eigenvalue weighted by atomic mass is 32.2. The van der Waals surface area contributed by atoms with Gasteiger partial charge in [-0.3, -0.25) is 13.9 Å². The summed E-state index contributed by atoms with van der Waals surface area (Å²) in [5.41, 5.74) is -0.801. The molecule has 0 aliphatic carbocycles. The monoisotopic (exact) mass is 483 g/mol. The molecular weight excluding hydrogens is 450 g/mol. The number of ether oxygens (including phenoxy) is 3. The first-order valence-electron chi connectivity index (χ1n) is 10.6. The Hall–Kier alpha value is -2.43. The summed E-state index contributed by atoms with van der Waals surface area (Å²) in [6.45, 7) is 11.6. The summed E-state index contributed by atoms with van der Waals surface area (Å²) < 4.78 is 46.4. The Kier molecular flexibility index (Phi) is 8.32. The molecule has 0 unspecified atom stereocenters. The van der Waals surface area contributed by atoms with Crippen molar-refractivity contribution >= 4 is 22.2 Å². The summed E-state index contributed by atoms with van der Waals surface area (Å²) in [6, 6.07) is 5.61. The lowest BCUT2D eigenvalue weighted by Gasteiger charge is -2.36. The van der Waals surface area contributed by atoms with Crippen LogP contribution in [0.1, 0.15) is 47.1 Å². The first kappa shape index (κ1) is 26.8. The number of amides is 1. The second-order valence-electron chi connectivity index (χ2n) is 9.23.